The lowest BCUT2D eigenvalue weighted by Crippen LogP contribution is -2.10. The summed E-state index contributed by atoms with van der Waals surface area (Å²) >= 11 is 5.99. The summed E-state index contributed by atoms with van der Waals surface area (Å²) in [5, 5.41) is 0.556. The Morgan fingerprint density at radius 2 is 2.11 bits per heavy atom. The van der Waals surface area contributed by atoms with Crippen LogP contribution in [0, 0.1) is 0 Å². The molecule has 0 radical (unpaired) electrons. The molecule has 0 saturated heterocycles. The van der Waals surface area contributed by atoms with E-state index in [1.165, 1.54) is 14.2 Å². The number of hydrogen-bond acceptors (Lipinski definition) is 5. The van der Waals surface area contributed by atoms with Gasteiger partial charge in [-0.2, -0.15) is 0 Å². The highest BCUT2D eigenvalue weighted by Crippen LogP contribution is 2.35. The molecule has 0 bridgehead atoms. The zero-order valence-electron chi connectivity index (χ0n) is 11.1. The van der Waals surface area contributed by atoms with Crippen LogP contribution in [0.25, 0.3) is 0 Å². The molecular weight excluding hydrogens is 270 g/mol. The monoisotopic (exact) mass is 287 g/mol. The average Bonchev–Trinajstić information content (AvgIpc) is 2.40. The van der Waals surface area contributed by atoms with Crippen LogP contribution in [0.15, 0.2) is 12.1 Å². The van der Waals surface area contributed by atoms with E-state index in [0.717, 1.165) is 5.56 Å². The van der Waals surface area contributed by atoms with Crippen LogP contribution in [0.1, 0.15) is 12.0 Å². The first-order valence-electron chi connectivity index (χ1n) is 5.88. The lowest BCUT2D eigenvalue weighted by Gasteiger charge is -2.15. The van der Waals surface area contributed by atoms with Crippen molar-refractivity contribution in [3.63, 3.8) is 0 Å². The van der Waals surface area contributed by atoms with Crippen molar-refractivity contribution in [3.05, 3.63) is 22.7 Å². The van der Waals surface area contributed by atoms with Gasteiger partial charge in [-0.1, -0.05) is 11.6 Å². The molecule has 5 nitrogen and oxygen atoms in total. The Balaban J connectivity index is 2.86. The van der Waals surface area contributed by atoms with Crippen molar-refractivity contribution in [2.75, 3.05) is 27.4 Å². The Kier molecular flexibility index (Phi) is 6.45. The van der Waals surface area contributed by atoms with Gasteiger partial charge in [-0.3, -0.25) is 4.79 Å². The molecule has 2 N–H and O–H groups in total. The number of carbonyl (C=O) groups excluding carboxylic acids is 1. The highest BCUT2D eigenvalue weighted by Gasteiger charge is 2.13. The van der Waals surface area contributed by atoms with Gasteiger partial charge in [-0.15, -0.1) is 0 Å². The molecule has 0 heterocycles. The lowest BCUT2D eigenvalue weighted by atomic mass is 10.1. The number of hydrogen-bond donors (Lipinski definition) is 1. The van der Waals surface area contributed by atoms with Crippen LogP contribution in [0.2, 0.25) is 5.02 Å². The lowest BCUT2D eigenvalue weighted by molar-refractivity contribution is -0.141. The molecule has 0 amide bonds. The zero-order valence-corrected chi connectivity index (χ0v) is 11.8. The normalized spacial score (nSPS) is 10.1. The van der Waals surface area contributed by atoms with E-state index in [-0.39, 0.29) is 19.0 Å². The van der Waals surface area contributed by atoms with Crippen molar-refractivity contribution in [2.24, 2.45) is 5.73 Å². The average molecular weight is 288 g/mol. The Bertz CT molecular complexity index is 437. The standard InChI is InChI=1S/C13H18ClNO4/c1-17-11-8-10(14)7-9(3-5-15)13(11)19-6-4-12(16)18-2/h7-8H,3-6,15H2,1-2H3. The highest BCUT2D eigenvalue weighted by atomic mass is 35.5. The number of rotatable bonds is 7. The molecule has 1 rings (SSSR count). The van der Waals surface area contributed by atoms with Crippen LogP contribution in [0.3, 0.4) is 0 Å². The summed E-state index contributed by atoms with van der Waals surface area (Å²) in [5.41, 5.74) is 6.41. The van der Waals surface area contributed by atoms with E-state index >= 15 is 0 Å². The molecule has 0 atom stereocenters. The Labute approximate surface area is 117 Å². The number of halogens is 1. The van der Waals surface area contributed by atoms with Crippen molar-refractivity contribution in [1.29, 1.82) is 0 Å². The van der Waals surface area contributed by atoms with Gasteiger partial charge in [0.2, 0.25) is 0 Å². The molecule has 0 spiro atoms. The molecule has 0 fully saturated rings. The minimum Gasteiger partial charge on any atom is -0.493 e. The van der Waals surface area contributed by atoms with Crippen molar-refractivity contribution >= 4 is 17.6 Å². The summed E-state index contributed by atoms with van der Waals surface area (Å²) in [6.45, 7) is 0.680. The number of ether oxygens (including phenoxy) is 3. The minimum absolute atomic E-state index is 0.171. The van der Waals surface area contributed by atoms with Gasteiger partial charge in [-0.25, -0.2) is 0 Å². The first-order valence-corrected chi connectivity index (χ1v) is 6.26. The van der Waals surface area contributed by atoms with Gasteiger partial charge < -0.3 is 19.9 Å². The minimum atomic E-state index is -0.326. The molecule has 0 aliphatic heterocycles. The SMILES string of the molecule is COC(=O)CCOc1c(CCN)cc(Cl)cc1OC. The molecule has 0 unspecified atom stereocenters. The number of carbonyl (C=O) groups is 1. The molecule has 0 aliphatic carbocycles. The van der Waals surface area contributed by atoms with Crippen LogP contribution in [0.5, 0.6) is 11.5 Å². The Morgan fingerprint density at radius 1 is 1.37 bits per heavy atom. The molecule has 0 aromatic heterocycles. The van der Waals surface area contributed by atoms with Gasteiger partial charge in [0.05, 0.1) is 27.2 Å². The quantitative estimate of drug-likeness (QED) is 0.774. The molecule has 19 heavy (non-hydrogen) atoms. The molecule has 0 saturated carbocycles. The van der Waals surface area contributed by atoms with E-state index in [1.807, 2.05) is 0 Å². The summed E-state index contributed by atoms with van der Waals surface area (Å²) in [4.78, 5) is 11.0. The first-order chi connectivity index (χ1) is 9.12. The predicted molar refractivity (Wildman–Crippen MR) is 72.9 cm³/mol. The van der Waals surface area contributed by atoms with E-state index in [0.29, 0.717) is 29.5 Å². The second-order valence-electron chi connectivity index (χ2n) is 3.81. The fraction of sp³-hybridized carbons (Fsp3) is 0.462. The number of methoxy groups -OCH3 is 2. The van der Waals surface area contributed by atoms with Gasteiger partial charge in [0.25, 0.3) is 0 Å². The second kappa shape index (κ2) is 7.86. The van der Waals surface area contributed by atoms with Crippen LogP contribution in [-0.4, -0.2) is 33.3 Å². The molecule has 1 aromatic rings. The summed E-state index contributed by atoms with van der Waals surface area (Å²) in [6.07, 6.45) is 0.787. The van der Waals surface area contributed by atoms with E-state index in [1.54, 1.807) is 12.1 Å². The summed E-state index contributed by atoms with van der Waals surface area (Å²) in [5.74, 6) is 0.773. The fourth-order valence-corrected chi connectivity index (χ4v) is 1.85. The van der Waals surface area contributed by atoms with Crippen LogP contribution in [0.4, 0.5) is 0 Å². The van der Waals surface area contributed by atoms with E-state index in [2.05, 4.69) is 4.74 Å². The van der Waals surface area contributed by atoms with Gasteiger partial charge in [-0.05, 0) is 19.0 Å². The fourth-order valence-electron chi connectivity index (χ4n) is 1.62. The largest absolute Gasteiger partial charge is 0.493 e. The smallest absolute Gasteiger partial charge is 0.308 e. The van der Waals surface area contributed by atoms with Gasteiger partial charge >= 0.3 is 5.97 Å². The van der Waals surface area contributed by atoms with E-state index in [4.69, 9.17) is 26.8 Å². The third kappa shape index (κ3) is 4.61. The van der Waals surface area contributed by atoms with E-state index in [9.17, 15) is 4.79 Å². The summed E-state index contributed by atoms with van der Waals surface area (Å²) < 4.78 is 15.4. The number of benzene rings is 1. The highest BCUT2D eigenvalue weighted by molar-refractivity contribution is 6.30. The maximum absolute atomic E-state index is 11.0. The maximum Gasteiger partial charge on any atom is 0.308 e. The predicted octanol–water partition coefficient (Wildman–Crippen LogP) is 1.79. The molecule has 6 heteroatoms. The van der Waals surface area contributed by atoms with Crippen molar-refractivity contribution in [2.45, 2.75) is 12.8 Å². The van der Waals surface area contributed by atoms with Crippen LogP contribution < -0.4 is 15.2 Å². The third-order valence-electron chi connectivity index (χ3n) is 2.51. The van der Waals surface area contributed by atoms with Crippen LogP contribution in [-0.2, 0) is 16.0 Å². The van der Waals surface area contributed by atoms with Gasteiger partial charge in [0, 0.05) is 16.7 Å². The maximum atomic E-state index is 11.0. The van der Waals surface area contributed by atoms with Crippen molar-refractivity contribution in [1.82, 2.24) is 0 Å². The number of esters is 1. The first kappa shape index (κ1) is 15.6. The summed E-state index contributed by atoms with van der Waals surface area (Å²) in [7, 11) is 2.87. The number of nitrogens with two attached hydrogens (primary N) is 1. The van der Waals surface area contributed by atoms with Gasteiger partial charge in [0.15, 0.2) is 11.5 Å². The van der Waals surface area contributed by atoms with E-state index < -0.39 is 0 Å². The van der Waals surface area contributed by atoms with Crippen molar-refractivity contribution < 1.29 is 19.0 Å². The Morgan fingerprint density at radius 3 is 2.68 bits per heavy atom. The van der Waals surface area contributed by atoms with Crippen molar-refractivity contribution in [3.8, 4) is 11.5 Å². The molecule has 0 aliphatic rings. The summed E-state index contributed by atoms with van der Waals surface area (Å²) in [6, 6.07) is 3.44. The topological polar surface area (TPSA) is 70.8 Å². The molecule has 106 valence electrons. The third-order valence-corrected chi connectivity index (χ3v) is 2.73. The zero-order chi connectivity index (χ0) is 14.3. The second-order valence-corrected chi connectivity index (χ2v) is 4.25. The Hall–Kier alpha value is -1.46. The van der Waals surface area contributed by atoms with Crippen LogP contribution >= 0.6 is 11.6 Å². The van der Waals surface area contributed by atoms with Gasteiger partial charge in [0.1, 0.15) is 0 Å². The molecule has 1 aromatic carbocycles. The molecular formula is C13H18ClNO4.